The van der Waals surface area contributed by atoms with Crippen molar-refractivity contribution in [1.29, 1.82) is 0 Å². The van der Waals surface area contributed by atoms with E-state index in [0.29, 0.717) is 21.7 Å². The molecule has 0 radical (unpaired) electrons. The van der Waals surface area contributed by atoms with Crippen LogP contribution in [0.2, 0.25) is 5.02 Å². The van der Waals surface area contributed by atoms with Gasteiger partial charge in [-0.1, -0.05) is 41.4 Å². The number of rotatable bonds is 12. The van der Waals surface area contributed by atoms with E-state index in [1.165, 1.54) is 4.90 Å². The molecule has 262 valence electrons. The van der Waals surface area contributed by atoms with Crippen molar-refractivity contribution in [2.75, 3.05) is 13.2 Å². The Kier molecular flexibility index (Phi) is 12.1. The van der Waals surface area contributed by atoms with Crippen molar-refractivity contribution in [3.05, 3.63) is 80.1 Å². The molecule has 1 saturated heterocycles. The molecule has 1 fully saturated rings. The number of pyridine rings is 1. The highest BCUT2D eigenvalue weighted by atomic mass is 35.5. The van der Waals surface area contributed by atoms with Crippen LogP contribution in [0.3, 0.4) is 0 Å². The molecule has 4 rings (SSSR count). The second kappa shape index (κ2) is 16.1. The number of carbonyl (C=O) groups excluding carboxylic acids is 4. The van der Waals surface area contributed by atoms with Gasteiger partial charge in [-0.3, -0.25) is 24.0 Å². The Morgan fingerprint density at radius 2 is 1.53 bits per heavy atom. The molecule has 15 heteroatoms. The average Bonchev–Trinajstić information content (AvgIpc) is 3.00. The van der Waals surface area contributed by atoms with Crippen LogP contribution in [0.15, 0.2) is 47.3 Å². The molecule has 49 heavy (non-hydrogen) atoms. The molecule has 14 nitrogen and oxygen atoms in total. The third-order valence-corrected chi connectivity index (χ3v) is 8.04. The second-order valence-corrected chi connectivity index (χ2v) is 12.0. The highest BCUT2D eigenvalue weighted by molar-refractivity contribution is 6.31. The summed E-state index contributed by atoms with van der Waals surface area (Å²) in [5, 5.41) is 11.0. The Morgan fingerprint density at radius 3 is 2.16 bits per heavy atom. The lowest BCUT2D eigenvalue weighted by Crippen LogP contribution is -2.63. The molecular formula is C34H37ClN2O12. The number of nitrogens with zero attached hydrogens (tertiary/aromatic N) is 1. The lowest BCUT2D eigenvalue weighted by Gasteiger charge is -2.43. The van der Waals surface area contributed by atoms with Gasteiger partial charge in [-0.15, -0.1) is 0 Å². The number of halogens is 1. The molecule has 0 spiro atoms. The van der Waals surface area contributed by atoms with Gasteiger partial charge in [0.25, 0.3) is 5.56 Å². The maximum Gasteiger partial charge on any atom is 0.337 e. The maximum atomic E-state index is 13.7. The second-order valence-electron chi connectivity index (χ2n) is 11.6. The van der Waals surface area contributed by atoms with E-state index in [2.05, 4.69) is 4.98 Å². The van der Waals surface area contributed by atoms with Crippen molar-refractivity contribution in [3.8, 4) is 0 Å². The number of nitrogens with one attached hydrogen (secondary N) is 1. The van der Waals surface area contributed by atoms with Crippen molar-refractivity contribution < 1.29 is 52.8 Å². The van der Waals surface area contributed by atoms with Crippen LogP contribution in [0.25, 0.3) is 10.9 Å². The maximum absolute atomic E-state index is 13.7. The number of esters is 3. The fraction of sp³-hybridized carbons (Fsp3) is 0.412. The van der Waals surface area contributed by atoms with E-state index >= 15 is 0 Å². The fourth-order valence-corrected chi connectivity index (χ4v) is 5.85. The van der Waals surface area contributed by atoms with E-state index in [1.54, 1.807) is 30.3 Å². The molecule has 0 unspecified atom stereocenters. The summed E-state index contributed by atoms with van der Waals surface area (Å²) < 4.78 is 27.2. The van der Waals surface area contributed by atoms with Crippen molar-refractivity contribution in [2.24, 2.45) is 0 Å². The van der Waals surface area contributed by atoms with E-state index in [9.17, 15) is 33.9 Å². The first-order valence-electron chi connectivity index (χ1n) is 15.3. The van der Waals surface area contributed by atoms with Gasteiger partial charge in [0.1, 0.15) is 0 Å². The number of H-pyrrole nitrogens is 1. The van der Waals surface area contributed by atoms with Crippen molar-refractivity contribution in [1.82, 2.24) is 9.88 Å². The third-order valence-electron chi connectivity index (χ3n) is 7.67. The minimum absolute atomic E-state index is 0.112. The number of aromatic nitrogens is 1. The summed E-state index contributed by atoms with van der Waals surface area (Å²) in [6, 6.07) is 12.4. The van der Waals surface area contributed by atoms with E-state index in [4.69, 9.17) is 35.3 Å². The van der Waals surface area contributed by atoms with E-state index in [0.717, 1.165) is 37.3 Å². The van der Waals surface area contributed by atoms with E-state index < -0.39 is 66.0 Å². The Balaban J connectivity index is 1.64. The molecule has 1 aliphatic heterocycles. The van der Waals surface area contributed by atoms with E-state index in [1.807, 2.05) is 26.0 Å². The highest BCUT2D eigenvalue weighted by Crippen LogP contribution is 2.30. The van der Waals surface area contributed by atoms with Gasteiger partial charge in [-0.2, -0.15) is 0 Å². The van der Waals surface area contributed by atoms with Gasteiger partial charge in [0.2, 0.25) is 5.91 Å². The Labute approximate surface area is 286 Å². The Hall–Kier alpha value is -4.79. The first kappa shape index (κ1) is 37.0. The summed E-state index contributed by atoms with van der Waals surface area (Å²) in [6.07, 6.45) is -8.51. The monoisotopic (exact) mass is 700 g/mol. The number of aryl methyl sites for hydroxylation is 2. The predicted molar refractivity (Wildman–Crippen MR) is 174 cm³/mol. The average molecular weight is 701 g/mol. The van der Waals surface area contributed by atoms with Crippen LogP contribution in [0.1, 0.15) is 43.0 Å². The molecule has 1 aromatic heterocycles. The molecule has 1 amide bonds. The van der Waals surface area contributed by atoms with Crippen LogP contribution in [-0.2, 0) is 60.6 Å². The minimum Gasteiger partial charge on any atom is -0.479 e. The summed E-state index contributed by atoms with van der Waals surface area (Å²) in [6.45, 7) is 6.33. The summed E-state index contributed by atoms with van der Waals surface area (Å²) in [4.78, 5) is 79.3. The molecule has 5 atom stereocenters. The number of ether oxygens (including phenoxy) is 5. The number of fused-ring (bicyclic) bond motifs is 1. The topological polar surface area (TPSA) is 188 Å². The number of amides is 1. The number of carbonyl (C=O) groups is 5. The fourth-order valence-electron chi connectivity index (χ4n) is 5.65. The minimum atomic E-state index is -1.88. The molecule has 0 saturated carbocycles. The van der Waals surface area contributed by atoms with Gasteiger partial charge >= 0.3 is 23.9 Å². The lowest BCUT2D eigenvalue weighted by atomic mass is 9.98. The summed E-state index contributed by atoms with van der Waals surface area (Å²) in [7, 11) is 0. The van der Waals surface area contributed by atoms with Gasteiger partial charge in [0.15, 0.2) is 30.7 Å². The van der Waals surface area contributed by atoms with Crippen molar-refractivity contribution in [3.63, 3.8) is 0 Å². The number of hydrogen-bond acceptors (Lipinski definition) is 11. The van der Waals surface area contributed by atoms with Crippen molar-refractivity contribution >= 4 is 52.3 Å². The van der Waals surface area contributed by atoms with Gasteiger partial charge < -0.3 is 38.7 Å². The zero-order chi connectivity index (χ0) is 36.0. The Morgan fingerprint density at radius 1 is 0.898 bits per heavy atom. The SMILES string of the molecule is CC(=O)O[C@@H]1[C@@H](OC(C)=O)[C@H](OCCN(Cc2cc3cc(C)cc(C)c3[nH]c2=O)C(=O)Cc2ccccc2Cl)O[C@H](C(=O)O)[C@H]1OC(C)=O. The van der Waals surface area contributed by atoms with Crippen LogP contribution >= 0.6 is 11.6 Å². The van der Waals surface area contributed by atoms with Crippen LogP contribution in [-0.4, -0.2) is 88.6 Å². The van der Waals surface area contributed by atoms with Gasteiger partial charge in [0.05, 0.1) is 25.1 Å². The number of benzene rings is 2. The number of carboxylic acid groups (broad SMARTS) is 1. The molecule has 1 aliphatic rings. The molecule has 0 bridgehead atoms. The van der Waals surface area contributed by atoms with Crippen molar-refractivity contribution in [2.45, 2.75) is 78.3 Å². The normalized spacial score (nSPS) is 20.3. The molecule has 3 aromatic rings. The summed E-state index contributed by atoms with van der Waals surface area (Å²) in [5.74, 6) is -4.62. The molecule has 2 N–H and O–H groups in total. The quantitative estimate of drug-likeness (QED) is 0.208. The molecule has 2 aromatic carbocycles. The standard InChI is InChI=1S/C34H37ClN2O12/c1-17-12-18(2)27-23(13-17)14-24(32(42)36-27)16-37(26(41)15-22-8-6-7-9-25(22)35)10-11-45-34-31(48-21(5)40)29(47-20(4)39)28(46-19(3)38)30(49-34)33(43)44/h6-9,12-14,28-31,34H,10-11,15-16H2,1-5H3,(H,36,42)(H,43,44)/t28-,29-,30-,31+,34+/m0/s1. The number of aliphatic carboxylic acids is 1. The third kappa shape index (κ3) is 9.43. The van der Waals surface area contributed by atoms with Crippen LogP contribution in [0.5, 0.6) is 0 Å². The molecular weight excluding hydrogens is 664 g/mol. The summed E-state index contributed by atoms with van der Waals surface area (Å²) >= 11 is 6.33. The number of carboxylic acids is 1. The van der Waals surface area contributed by atoms with Crippen LogP contribution in [0.4, 0.5) is 0 Å². The van der Waals surface area contributed by atoms with Gasteiger partial charge in [0, 0.05) is 37.9 Å². The summed E-state index contributed by atoms with van der Waals surface area (Å²) in [5.41, 5.74) is 2.99. The van der Waals surface area contributed by atoms with Gasteiger partial charge in [-0.05, 0) is 48.6 Å². The molecule has 0 aliphatic carbocycles. The van der Waals surface area contributed by atoms with E-state index in [-0.39, 0.29) is 26.1 Å². The smallest absolute Gasteiger partial charge is 0.337 e. The van der Waals surface area contributed by atoms with Gasteiger partial charge in [-0.25, -0.2) is 4.79 Å². The van der Waals surface area contributed by atoms with Crippen LogP contribution in [0, 0.1) is 13.8 Å². The first-order valence-corrected chi connectivity index (χ1v) is 15.7. The highest BCUT2D eigenvalue weighted by Gasteiger charge is 2.55. The zero-order valence-corrected chi connectivity index (χ0v) is 28.3. The lowest BCUT2D eigenvalue weighted by molar-refractivity contribution is -0.301. The number of hydrogen-bond donors (Lipinski definition) is 2. The van der Waals surface area contributed by atoms with Crippen LogP contribution < -0.4 is 5.56 Å². The Bertz CT molecular complexity index is 1810. The first-order chi connectivity index (χ1) is 23.1. The zero-order valence-electron chi connectivity index (χ0n) is 27.5. The predicted octanol–water partition coefficient (Wildman–Crippen LogP) is 2.99. The largest absolute Gasteiger partial charge is 0.479 e. The molecule has 2 heterocycles. The number of aromatic amines is 1.